The fourth-order valence-corrected chi connectivity index (χ4v) is 2.17. The van der Waals surface area contributed by atoms with Crippen molar-refractivity contribution in [2.75, 3.05) is 0 Å². The molecule has 0 fully saturated rings. The van der Waals surface area contributed by atoms with E-state index in [9.17, 15) is 22.8 Å². The fourth-order valence-electron chi connectivity index (χ4n) is 2.17. The molecule has 2 heterocycles. The molecule has 0 aliphatic carbocycles. The third-order valence-corrected chi connectivity index (χ3v) is 3.30. The van der Waals surface area contributed by atoms with Crippen molar-refractivity contribution in [3.63, 3.8) is 0 Å². The minimum absolute atomic E-state index is 0.0401. The van der Waals surface area contributed by atoms with Crippen molar-refractivity contribution in [1.29, 1.82) is 0 Å². The van der Waals surface area contributed by atoms with Crippen LogP contribution < -0.4 is 11.2 Å². The normalized spacial score (nSPS) is 13.7. The summed E-state index contributed by atoms with van der Waals surface area (Å²) in [7, 11) is 1.31. The molecule has 0 radical (unpaired) electrons. The molecule has 0 aliphatic heterocycles. The SMILES string of the molecule is CCCn1cnc2c1c(=O)n(C[C@H](O)C(F)(F)F)c(=O)n2C. The molecule has 122 valence electrons. The predicted molar refractivity (Wildman–Crippen MR) is 71.6 cm³/mol. The van der Waals surface area contributed by atoms with Gasteiger partial charge in [-0.05, 0) is 6.42 Å². The van der Waals surface area contributed by atoms with Gasteiger partial charge >= 0.3 is 11.9 Å². The minimum Gasteiger partial charge on any atom is -0.382 e. The Balaban J connectivity index is 2.67. The third kappa shape index (κ3) is 2.65. The number of alkyl halides is 3. The molecule has 7 nitrogen and oxygen atoms in total. The Labute approximate surface area is 122 Å². The molecule has 1 atom stereocenters. The number of aryl methyl sites for hydroxylation is 2. The topological polar surface area (TPSA) is 82.1 Å². The van der Waals surface area contributed by atoms with E-state index in [0.717, 1.165) is 4.57 Å². The Morgan fingerprint density at radius 2 is 2.00 bits per heavy atom. The molecule has 0 aromatic carbocycles. The second-order valence-electron chi connectivity index (χ2n) is 4.92. The monoisotopic (exact) mass is 320 g/mol. The molecule has 2 aromatic heterocycles. The minimum atomic E-state index is -4.91. The second-order valence-corrected chi connectivity index (χ2v) is 4.92. The summed E-state index contributed by atoms with van der Waals surface area (Å²) in [6.45, 7) is 1.15. The Morgan fingerprint density at radius 3 is 2.55 bits per heavy atom. The lowest BCUT2D eigenvalue weighted by molar-refractivity contribution is -0.207. The van der Waals surface area contributed by atoms with Crippen LogP contribution in [0.15, 0.2) is 15.9 Å². The first-order valence-corrected chi connectivity index (χ1v) is 6.58. The average molecular weight is 320 g/mol. The van der Waals surface area contributed by atoms with Gasteiger partial charge in [0.2, 0.25) is 0 Å². The quantitative estimate of drug-likeness (QED) is 0.874. The van der Waals surface area contributed by atoms with Crippen molar-refractivity contribution >= 4 is 11.2 Å². The average Bonchev–Trinajstić information content (AvgIpc) is 2.84. The third-order valence-electron chi connectivity index (χ3n) is 3.30. The first kappa shape index (κ1) is 16.3. The van der Waals surface area contributed by atoms with Gasteiger partial charge in [0.1, 0.15) is 0 Å². The number of aliphatic hydroxyl groups excluding tert-OH is 1. The molecule has 0 bridgehead atoms. The van der Waals surface area contributed by atoms with Crippen molar-refractivity contribution < 1.29 is 18.3 Å². The van der Waals surface area contributed by atoms with Crippen LogP contribution in [0.4, 0.5) is 13.2 Å². The molecule has 0 aliphatic rings. The Hall–Kier alpha value is -2.10. The van der Waals surface area contributed by atoms with E-state index in [4.69, 9.17) is 5.11 Å². The summed E-state index contributed by atoms with van der Waals surface area (Å²) in [6, 6.07) is 0. The van der Waals surface area contributed by atoms with Gasteiger partial charge in [0, 0.05) is 13.6 Å². The summed E-state index contributed by atoms with van der Waals surface area (Å²) >= 11 is 0. The smallest absolute Gasteiger partial charge is 0.382 e. The van der Waals surface area contributed by atoms with E-state index in [-0.39, 0.29) is 11.2 Å². The summed E-state index contributed by atoms with van der Waals surface area (Å²) in [6.07, 6.45) is -5.67. The number of imidazole rings is 1. The highest BCUT2D eigenvalue weighted by Crippen LogP contribution is 2.20. The largest absolute Gasteiger partial charge is 0.416 e. The highest BCUT2D eigenvalue weighted by Gasteiger charge is 2.39. The summed E-state index contributed by atoms with van der Waals surface area (Å²) < 4.78 is 40.2. The Morgan fingerprint density at radius 1 is 1.36 bits per heavy atom. The van der Waals surface area contributed by atoms with Crippen LogP contribution in [0.25, 0.3) is 11.2 Å². The first-order chi connectivity index (χ1) is 10.2. The Kier molecular flexibility index (Phi) is 4.14. The van der Waals surface area contributed by atoms with Gasteiger partial charge in [-0.1, -0.05) is 6.92 Å². The number of hydrogen-bond donors (Lipinski definition) is 1. The van der Waals surface area contributed by atoms with Gasteiger partial charge < -0.3 is 9.67 Å². The van der Waals surface area contributed by atoms with Crippen LogP contribution >= 0.6 is 0 Å². The molecule has 10 heteroatoms. The maximum Gasteiger partial charge on any atom is 0.416 e. The number of halogens is 3. The summed E-state index contributed by atoms with van der Waals surface area (Å²) in [4.78, 5) is 28.3. The highest BCUT2D eigenvalue weighted by molar-refractivity contribution is 5.69. The molecular weight excluding hydrogens is 305 g/mol. The number of rotatable bonds is 4. The van der Waals surface area contributed by atoms with Crippen molar-refractivity contribution in [3.05, 3.63) is 27.2 Å². The van der Waals surface area contributed by atoms with Gasteiger partial charge in [0.25, 0.3) is 5.56 Å². The molecule has 0 saturated carbocycles. The van der Waals surface area contributed by atoms with Gasteiger partial charge in [-0.3, -0.25) is 13.9 Å². The molecule has 22 heavy (non-hydrogen) atoms. The van der Waals surface area contributed by atoms with Crippen molar-refractivity contribution in [2.45, 2.75) is 38.7 Å². The van der Waals surface area contributed by atoms with Crippen LogP contribution in [0.5, 0.6) is 0 Å². The highest BCUT2D eigenvalue weighted by atomic mass is 19.4. The van der Waals surface area contributed by atoms with E-state index >= 15 is 0 Å². The van der Waals surface area contributed by atoms with Crippen LogP contribution in [0.3, 0.4) is 0 Å². The molecular formula is C12H15F3N4O3. The summed E-state index contributed by atoms with van der Waals surface area (Å²) in [5, 5.41) is 9.12. The van der Waals surface area contributed by atoms with Gasteiger partial charge in [-0.15, -0.1) is 0 Å². The lowest BCUT2D eigenvalue weighted by Gasteiger charge is -2.16. The van der Waals surface area contributed by atoms with Gasteiger partial charge in [0.05, 0.1) is 12.9 Å². The molecule has 1 N–H and O–H groups in total. The Bertz CT molecular complexity index is 803. The zero-order valence-electron chi connectivity index (χ0n) is 12.0. The number of fused-ring (bicyclic) bond motifs is 1. The van der Waals surface area contributed by atoms with E-state index in [1.165, 1.54) is 17.9 Å². The van der Waals surface area contributed by atoms with Gasteiger partial charge in [-0.2, -0.15) is 13.2 Å². The predicted octanol–water partition coefficient (Wildman–Crippen LogP) is 0.230. The fraction of sp³-hybridized carbons (Fsp3) is 0.583. The van der Waals surface area contributed by atoms with E-state index in [0.29, 0.717) is 17.5 Å². The second kappa shape index (κ2) is 5.59. The maximum absolute atomic E-state index is 12.5. The zero-order chi connectivity index (χ0) is 16.7. The molecule has 0 saturated heterocycles. The molecule has 2 aromatic rings. The van der Waals surface area contributed by atoms with E-state index < -0.39 is 30.1 Å². The lowest BCUT2D eigenvalue weighted by Crippen LogP contribution is -2.45. The standard InChI is InChI=1S/C12H15F3N4O3/c1-3-4-18-6-16-9-8(18)10(21)19(11(22)17(9)2)5-7(20)12(13,14)15/h6-7,20H,3-5H2,1-2H3/t7-/m0/s1. The molecule has 0 unspecified atom stereocenters. The molecule has 0 amide bonds. The van der Waals surface area contributed by atoms with Crippen LogP contribution in [0.1, 0.15) is 13.3 Å². The molecule has 0 spiro atoms. The van der Waals surface area contributed by atoms with Crippen molar-refractivity contribution in [2.24, 2.45) is 7.05 Å². The van der Waals surface area contributed by atoms with Crippen LogP contribution in [-0.4, -0.2) is 36.1 Å². The van der Waals surface area contributed by atoms with Crippen LogP contribution in [-0.2, 0) is 20.1 Å². The number of nitrogens with zero attached hydrogens (tertiary/aromatic N) is 4. The van der Waals surface area contributed by atoms with Gasteiger partial charge in [0.15, 0.2) is 17.3 Å². The van der Waals surface area contributed by atoms with Crippen molar-refractivity contribution in [1.82, 2.24) is 18.7 Å². The molecule has 2 rings (SSSR count). The van der Waals surface area contributed by atoms with Crippen LogP contribution in [0, 0.1) is 0 Å². The van der Waals surface area contributed by atoms with E-state index in [1.54, 1.807) is 0 Å². The maximum atomic E-state index is 12.5. The van der Waals surface area contributed by atoms with Gasteiger partial charge in [-0.25, -0.2) is 9.78 Å². The van der Waals surface area contributed by atoms with E-state index in [1.807, 2.05) is 6.92 Å². The van der Waals surface area contributed by atoms with E-state index in [2.05, 4.69) is 4.98 Å². The summed E-state index contributed by atoms with van der Waals surface area (Å²) in [5.74, 6) is 0. The number of hydrogen-bond acceptors (Lipinski definition) is 4. The van der Waals surface area contributed by atoms with Crippen molar-refractivity contribution in [3.8, 4) is 0 Å². The van der Waals surface area contributed by atoms with Crippen LogP contribution in [0.2, 0.25) is 0 Å². The summed E-state index contributed by atoms with van der Waals surface area (Å²) in [5.41, 5.74) is -1.71. The first-order valence-electron chi connectivity index (χ1n) is 6.58. The zero-order valence-corrected chi connectivity index (χ0v) is 12.0. The number of aliphatic hydroxyl groups is 1. The number of aromatic nitrogens is 4. The lowest BCUT2D eigenvalue weighted by atomic mass is 10.3.